The molecule has 0 aromatic heterocycles. The van der Waals surface area contributed by atoms with Crippen LogP contribution in [0.4, 0.5) is 4.39 Å². The van der Waals surface area contributed by atoms with E-state index in [-0.39, 0.29) is 24.9 Å². The van der Waals surface area contributed by atoms with Crippen molar-refractivity contribution in [3.63, 3.8) is 0 Å². The average molecular weight is 256 g/mol. The normalized spacial score (nSPS) is 12.3. The summed E-state index contributed by atoms with van der Waals surface area (Å²) in [5.74, 6) is -4.75. The Bertz CT molecular complexity index is 525. The fourth-order valence-electron chi connectivity index (χ4n) is 1.47. The van der Waals surface area contributed by atoms with Crippen LogP contribution in [0, 0.1) is 5.82 Å². The number of esters is 1. The molecule has 0 radical (unpaired) electrons. The molecule has 0 aliphatic carbocycles. The lowest BCUT2D eigenvalue weighted by Gasteiger charge is -2.06. The monoisotopic (exact) mass is 256 g/mol. The van der Waals surface area contributed by atoms with Crippen molar-refractivity contribution >= 4 is 11.8 Å². The Balaban J connectivity index is 2.43. The molecule has 0 spiro atoms. The van der Waals surface area contributed by atoms with Crippen LogP contribution in [-0.4, -0.2) is 30.3 Å². The molecular weight excluding hydrogens is 247 g/mol. The van der Waals surface area contributed by atoms with Gasteiger partial charge in [0.25, 0.3) is 5.78 Å². The molecule has 2 rings (SSSR count). The van der Waals surface area contributed by atoms with Gasteiger partial charge < -0.3 is 19.3 Å². The molecule has 1 aliphatic heterocycles. The first-order valence-electron chi connectivity index (χ1n) is 5.08. The van der Waals surface area contributed by atoms with Crippen molar-refractivity contribution in [3.05, 3.63) is 17.4 Å². The molecular formula is C11H9FO6. The van der Waals surface area contributed by atoms with E-state index in [0.29, 0.717) is 0 Å². The van der Waals surface area contributed by atoms with Crippen molar-refractivity contribution in [2.75, 3.05) is 13.4 Å². The van der Waals surface area contributed by atoms with Crippen LogP contribution < -0.4 is 9.47 Å². The Hall–Kier alpha value is -2.31. The van der Waals surface area contributed by atoms with Gasteiger partial charge in [0.2, 0.25) is 18.4 Å². The summed E-state index contributed by atoms with van der Waals surface area (Å²) in [5.41, 5.74) is -0.518. The molecule has 0 unspecified atom stereocenters. The maximum Gasteiger partial charge on any atom is 0.379 e. The van der Waals surface area contributed by atoms with E-state index < -0.39 is 28.9 Å². The van der Waals surface area contributed by atoms with Gasteiger partial charge in [-0.05, 0) is 13.0 Å². The first kappa shape index (κ1) is 12.2. The van der Waals surface area contributed by atoms with E-state index in [1.165, 1.54) is 6.92 Å². The summed E-state index contributed by atoms with van der Waals surface area (Å²) in [6.07, 6.45) is 0. The average Bonchev–Trinajstić information content (AvgIpc) is 2.81. The predicted octanol–water partition coefficient (Wildman–Crippen LogP) is 1.01. The lowest BCUT2D eigenvalue weighted by atomic mass is 10.1. The molecule has 0 fully saturated rings. The molecule has 1 aromatic carbocycles. The van der Waals surface area contributed by atoms with Crippen molar-refractivity contribution in [1.29, 1.82) is 0 Å². The third kappa shape index (κ3) is 1.83. The van der Waals surface area contributed by atoms with Gasteiger partial charge in [0.15, 0.2) is 11.5 Å². The molecule has 18 heavy (non-hydrogen) atoms. The summed E-state index contributed by atoms with van der Waals surface area (Å²) in [6.45, 7) is 1.30. The standard InChI is InChI=1S/C11H9FO6/c1-2-16-11(15)9(14)5-3-6-10(18-4-17-6)7(12)8(5)13/h3,13H,2,4H2,1H3. The van der Waals surface area contributed by atoms with E-state index in [4.69, 9.17) is 9.47 Å². The third-order valence-electron chi connectivity index (χ3n) is 2.28. The number of hydrogen-bond donors (Lipinski definition) is 1. The summed E-state index contributed by atoms with van der Waals surface area (Å²) >= 11 is 0. The van der Waals surface area contributed by atoms with Crippen molar-refractivity contribution < 1.29 is 33.3 Å². The van der Waals surface area contributed by atoms with E-state index >= 15 is 0 Å². The van der Waals surface area contributed by atoms with E-state index in [0.717, 1.165) is 6.07 Å². The number of benzene rings is 1. The van der Waals surface area contributed by atoms with Crippen molar-refractivity contribution in [3.8, 4) is 17.2 Å². The van der Waals surface area contributed by atoms with E-state index in [9.17, 15) is 19.1 Å². The van der Waals surface area contributed by atoms with Crippen LogP contribution in [0.1, 0.15) is 17.3 Å². The zero-order valence-electron chi connectivity index (χ0n) is 9.36. The molecule has 0 bridgehead atoms. The number of carbonyl (C=O) groups is 2. The Morgan fingerprint density at radius 2 is 2.22 bits per heavy atom. The molecule has 0 saturated heterocycles. The molecule has 96 valence electrons. The number of Topliss-reactive ketones (excluding diaryl/α,β-unsaturated/α-hetero) is 1. The van der Waals surface area contributed by atoms with Crippen LogP contribution in [-0.2, 0) is 9.53 Å². The Morgan fingerprint density at radius 1 is 1.50 bits per heavy atom. The van der Waals surface area contributed by atoms with Crippen LogP contribution in [0.2, 0.25) is 0 Å². The summed E-state index contributed by atoms with van der Waals surface area (Å²) in [6, 6.07) is 1.04. The molecule has 1 N–H and O–H groups in total. The number of halogens is 1. The maximum absolute atomic E-state index is 13.6. The topological polar surface area (TPSA) is 82.1 Å². The van der Waals surface area contributed by atoms with Gasteiger partial charge in [0.1, 0.15) is 0 Å². The van der Waals surface area contributed by atoms with E-state index in [1.807, 2.05) is 0 Å². The summed E-state index contributed by atoms with van der Waals surface area (Å²) in [4.78, 5) is 22.8. The molecule has 7 heteroatoms. The number of ether oxygens (including phenoxy) is 3. The highest BCUT2D eigenvalue weighted by molar-refractivity contribution is 6.41. The van der Waals surface area contributed by atoms with Crippen molar-refractivity contribution in [2.45, 2.75) is 6.92 Å². The highest BCUT2D eigenvalue weighted by atomic mass is 19.1. The second kappa shape index (κ2) is 4.52. The Morgan fingerprint density at radius 3 is 2.89 bits per heavy atom. The van der Waals surface area contributed by atoms with Crippen molar-refractivity contribution in [1.82, 2.24) is 0 Å². The number of fused-ring (bicyclic) bond motifs is 1. The fraction of sp³-hybridized carbons (Fsp3) is 0.273. The first-order valence-corrected chi connectivity index (χ1v) is 5.08. The maximum atomic E-state index is 13.6. The Kier molecular flexibility index (Phi) is 3.05. The van der Waals surface area contributed by atoms with Gasteiger partial charge in [-0.25, -0.2) is 4.79 Å². The van der Waals surface area contributed by atoms with E-state index in [2.05, 4.69) is 4.74 Å². The molecule has 0 saturated carbocycles. The molecule has 1 aromatic rings. The van der Waals surface area contributed by atoms with Gasteiger partial charge in [-0.15, -0.1) is 0 Å². The SMILES string of the molecule is CCOC(=O)C(=O)c1cc2c(c(F)c1O)OCO2. The zero-order chi connectivity index (χ0) is 13.3. The van der Waals surface area contributed by atoms with Gasteiger partial charge >= 0.3 is 5.97 Å². The summed E-state index contributed by atoms with van der Waals surface area (Å²) in [7, 11) is 0. The van der Waals surface area contributed by atoms with Crippen LogP contribution >= 0.6 is 0 Å². The van der Waals surface area contributed by atoms with Crippen LogP contribution in [0.3, 0.4) is 0 Å². The van der Waals surface area contributed by atoms with Crippen LogP contribution in [0.15, 0.2) is 6.07 Å². The first-order chi connectivity index (χ1) is 8.56. The van der Waals surface area contributed by atoms with Crippen LogP contribution in [0.5, 0.6) is 17.2 Å². The fourth-order valence-corrected chi connectivity index (χ4v) is 1.47. The van der Waals surface area contributed by atoms with Crippen LogP contribution in [0.25, 0.3) is 0 Å². The van der Waals surface area contributed by atoms with Crippen molar-refractivity contribution in [2.24, 2.45) is 0 Å². The summed E-state index contributed by atoms with van der Waals surface area (Å²) < 4.78 is 27.7. The minimum atomic E-state index is -1.17. The molecule has 1 aliphatic rings. The van der Waals surface area contributed by atoms with Gasteiger partial charge in [0.05, 0.1) is 12.2 Å². The molecule has 1 heterocycles. The lowest BCUT2D eigenvalue weighted by Crippen LogP contribution is -2.18. The third-order valence-corrected chi connectivity index (χ3v) is 2.28. The Labute approximate surface area is 101 Å². The number of rotatable bonds is 3. The smallest absolute Gasteiger partial charge is 0.379 e. The minimum Gasteiger partial charge on any atom is -0.504 e. The number of phenols is 1. The molecule has 0 atom stereocenters. The number of ketones is 1. The second-order valence-corrected chi connectivity index (χ2v) is 3.37. The second-order valence-electron chi connectivity index (χ2n) is 3.37. The largest absolute Gasteiger partial charge is 0.504 e. The number of phenolic OH excluding ortho intramolecular Hbond substituents is 1. The highest BCUT2D eigenvalue weighted by Crippen LogP contribution is 2.41. The van der Waals surface area contributed by atoms with E-state index in [1.54, 1.807) is 0 Å². The van der Waals surface area contributed by atoms with Gasteiger partial charge in [-0.3, -0.25) is 4.79 Å². The predicted molar refractivity (Wildman–Crippen MR) is 55.2 cm³/mol. The highest BCUT2D eigenvalue weighted by Gasteiger charge is 2.30. The molecule has 6 nitrogen and oxygen atoms in total. The van der Waals surface area contributed by atoms with Gasteiger partial charge in [0, 0.05) is 0 Å². The number of aromatic hydroxyl groups is 1. The number of carbonyl (C=O) groups excluding carboxylic acids is 2. The minimum absolute atomic E-state index is 0.00162. The van der Waals surface area contributed by atoms with Gasteiger partial charge in [-0.2, -0.15) is 4.39 Å². The number of hydrogen-bond acceptors (Lipinski definition) is 6. The summed E-state index contributed by atoms with van der Waals surface area (Å²) in [5, 5.41) is 9.51. The zero-order valence-corrected chi connectivity index (χ0v) is 9.36. The quantitative estimate of drug-likeness (QED) is 0.493. The van der Waals surface area contributed by atoms with Gasteiger partial charge in [-0.1, -0.05) is 0 Å². The lowest BCUT2D eigenvalue weighted by molar-refractivity contribution is -0.137. The molecule has 0 amide bonds.